The molecule has 4 heteroatoms. The zero-order chi connectivity index (χ0) is 15.2. The zero-order valence-corrected chi connectivity index (χ0v) is 12.0. The predicted octanol–water partition coefficient (Wildman–Crippen LogP) is 2.45. The van der Waals surface area contributed by atoms with Crippen LogP contribution in [0.15, 0.2) is 42.5 Å². The van der Waals surface area contributed by atoms with Crippen molar-refractivity contribution in [3.05, 3.63) is 70.5 Å². The first-order valence-electron chi connectivity index (χ1n) is 6.88. The van der Waals surface area contributed by atoms with Gasteiger partial charge in [-0.2, -0.15) is 0 Å². The van der Waals surface area contributed by atoms with Crippen molar-refractivity contribution in [2.24, 2.45) is 5.73 Å². The highest BCUT2D eigenvalue weighted by molar-refractivity contribution is 5.78. The lowest BCUT2D eigenvalue weighted by Gasteiger charge is -2.09. The summed E-state index contributed by atoms with van der Waals surface area (Å²) in [5.41, 5.74) is 8.71. The predicted molar refractivity (Wildman–Crippen MR) is 81.0 cm³/mol. The third-order valence-corrected chi connectivity index (χ3v) is 3.44. The van der Waals surface area contributed by atoms with Gasteiger partial charge in [-0.3, -0.25) is 4.79 Å². The highest BCUT2D eigenvalue weighted by Crippen LogP contribution is 2.11. The molecule has 0 saturated carbocycles. The summed E-state index contributed by atoms with van der Waals surface area (Å²) < 4.78 is 13.8. The molecule has 0 unspecified atom stereocenters. The van der Waals surface area contributed by atoms with Crippen LogP contribution in [0.25, 0.3) is 0 Å². The van der Waals surface area contributed by atoms with Crippen molar-refractivity contribution in [3.8, 4) is 0 Å². The highest BCUT2D eigenvalue weighted by atomic mass is 19.1. The first-order chi connectivity index (χ1) is 10.1. The second-order valence-electron chi connectivity index (χ2n) is 5.01. The van der Waals surface area contributed by atoms with Crippen LogP contribution in [0.5, 0.6) is 0 Å². The summed E-state index contributed by atoms with van der Waals surface area (Å²) in [6, 6.07) is 12.6. The molecule has 2 rings (SSSR count). The van der Waals surface area contributed by atoms with E-state index in [2.05, 4.69) is 5.32 Å². The molecule has 0 aliphatic heterocycles. The fraction of sp³-hybridized carbons (Fsp3) is 0.235. The summed E-state index contributed by atoms with van der Waals surface area (Å²) in [5, 5.41) is 2.74. The van der Waals surface area contributed by atoms with Crippen LogP contribution in [0.2, 0.25) is 0 Å². The number of hydrogen-bond donors (Lipinski definition) is 2. The van der Waals surface area contributed by atoms with E-state index >= 15 is 0 Å². The number of carbonyl (C=O) groups is 1. The molecule has 21 heavy (non-hydrogen) atoms. The van der Waals surface area contributed by atoms with Crippen LogP contribution in [0.3, 0.4) is 0 Å². The smallest absolute Gasteiger partial charge is 0.224 e. The fourth-order valence-electron chi connectivity index (χ4n) is 2.10. The van der Waals surface area contributed by atoms with Gasteiger partial charge in [0.05, 0.1) is 6.42 Å². The number of hydrogen-bond acceptors (Lipinski definition) is 2. The minimum atomic E-state index is -0.339. The standard InChI is InChI=1S/C17H19FN2O/c1-12-4-2-3-5-14(12)9-17(21)20-11-15-7-6-13(10-19)8-16(15)18/h2-8H,9-11,19H2,1H3,(H,20,21). The van der Waals surface area contributed by atoms with Crippen LogP contribution in [0.1, 0.15) is 22.3 Å². The molecular formula is C17H19FN2O. The molecule has 0 saturated heterocycles. The Bertz CT molecular complexity index is 640. The van der Waals surface area contributed by atoms with Gasteiger partial charge in [-0.15, -0.1) is 0 Å². The number of nitrogens with one attached hydrogen (secondary N) is 1. The van der Waals surface area contributed by atoms with Crippen molar-refractivity contribution in [1.29, 1.82) is 0 Å². The van der Waals surface area contributed by atoms with Gasteiger partial charge in [0, 0.05) is 18.7 Å². The summed E-state index contributed by atoms with van der Waals surface area (Å²) >= 11 is 0. The Hall–Kier alpha value is -2.20. The Morgan fingerprint density at radius 3 is 2.62 bits per heavy atom. The van der Waals surface area contributed by atoms with Gasteiger partial charge in [-0.25, -0.2) is 4.39 Å². The average Bonchev–Trinajstić information content (AvgIpc) is 2.48. The molecule has 0 aliphatic rings. The van der Waals surface area contributed by atoms with E-state index in [9.17, 15) is 9.18 Å². The van der Waals surface area contributed by atoms with Crippen molar-refractivity contribution in [2.45, 2.75) is 26.4 Å². The number of amides is 1. The second kappa shape index (κ2) is 6.99. The molecule has 1 amide bonds. The van der Waals surface area contributed by atoms with Gasteiger partial charge in [0.1, 0.15) is 5.82 Å². The van der Waals surface area contributed by atoms with Crippen molar-refractivity contribution < 1.29 is 9.18 Å². The number of nitrogens with two attached hydrogens (primary N) is 1. The molecule has 0 bridgehead atoms. The van der Waals surface area contributed by atoms with Gasteiger partial charge >= 0.3 is 0 Å². The molecule has 0 heterocycles. The number of aryl methyl sites for hydroxylation is 1. The molecule has 3 N–H and O–H groups in total. The summed E-state index contributed by atoms with van der Waals surface area (Å²) in [6.45, 7) is 2.45. The first kappa shape index (κ1) is 15.2. The molecule has 0 spiro atoms. The fourth-order valence-corrected chi connectivity index (χ4v) is 2.10. The van der Waals surface area contributed by atoms with Gasteiger partial charge in [-0.1, -0.05) is 36.4 Å². The van der Waals surface area contributed by atoms with E-state index in [4.69, 9.17) is 5.73 Å². The molecule has 0 aromatic heterocycles. The van der Waals surface area contributed by atoms with Crippen molar-refractivity contribution >= 4 is 5.91 Å². The summed E-state index contributed by atoms with van der Waals surface area (Å²) in [7, 11) is 0. The normalized spacial score (nSPS) is 10.4. The molecule has 110 valence electrons. The van der Waals surface area contributed by atoms with Crippen LogP contribution < -0.4 is 11.1 Å². The number of benzene rings is 2. The van der Waals surface area contributed by atoms with E-state index in [0.717, 1.165) is 16.7 Å². The Kier molecular flexibility index (Phi) is 5.06. The summed E-state index contributed by atoms with van der Waals surface area (Å²) in [4.78, 5) is 11.9. The summed E-state index contributed by atoms with van der Waals surface area (Å²) in [6.07, 6.45) is 0.301. The quantitative estimate of drug-likeness (QED) is 0.887. The largest absolute Gasteiger partial charge is 0.352 e. The Morgan fingerprint density at radius 2 is 1.95 bits per heavy atom. The van der Waals surface area contributed by atoms with E-state index in [0.29, 0.717) is 18.5 Å². The molecule has 2 aromatic carbocycles. The monoisotopic (exact) mass is 286 g/mol. The second-order valence-corrected chi connectivity index (χ2v) is 5.01. The average molecular weight is 286 g/mol. The van der Waals surface area contributed by atoms with Gasteiger partial charge in [0.25, 0.3) is 0 Å². The Balaban J connectivity index is 1.94. The van der Waals surface area contributed by atoms with Crippen LogP contribution in [-0.4, -0.2) is 5.91 Å². The molecule has 3 nitrogen and oxygen atoms in total. The maximum Gasteiger partial charge on any atom is 0.224 e. The van der Waals surface area contributed by atoms with Gasteiger partial charge < -0.3 is 11.1 Å². The van der Waals surface area contributed by atoms with E-state index in [1.165, 1.54) is 6.07 Å². The Morgan fingerprint density at radius 1 is 1.19 bits per heavy atom. The van der Waals surface area contributed by atoms with E-state index in [1.54, 1.807) is 12.1 Å². The van der Waals surface area contributed by atoms with Crippen LogP contribution in [-0.2, 0) is 24.3 Å². The Labute approximate surface area is 124 Å². The zero-order valence-electron chi connectivity index (χ0n) is 12.0. The van der Waals surface area contributed by atoms with Crippen LogP contribution >= 0.6 is 0 Å². The number of halogens is 1. The lowest BCUT2D eigenvalue weighted by atomic mass is 10.1. The minimum Gasteiger partial charge on any atom is -0.352 e. The molecule has 0 aliphatic carbocycles. The minimum absolute atomic E-state index is 0.119. The maximum atomic E-state index is 13.8. The van der Waals surface area contributed by atoms with Crippen LogP contribution in [0, 0.1) is 12.7 Å². The third kappa shape index (κ3) is 4.13. The highest BCUT2D eigenvalue weighted by Gasteiger charge is 2.08. The van der Waals surface area contributed by atoms with Crippen molar-refractivity contribution in [1.82, 2.24) is 5.32 Å². The van der Waals surface area contributed by atoms with Crippen molar-refractivity contribution in [3.63, 3.8) is 0 Å². The number of rotatable bonds is 5. The van der Waals surface area contributed by atoms with Gasteiger partial charge in [-0.05, 0) is 29.7 Å². The SMILES string of the molecule is Cc1ccccc1CC(=O)NCc1ccc(CN)cc1F. The van der Waals surface area contributed by atoms with E-state index in [1.807, 2.05) is 31.2 Å². The first-order valence-corrected chi connectivity index (χ1v) is 6.88. The lowest BCUT2D eigenvalue weighted by Crippen LogP contribution is -2.25. The maximum absolute atomic E-state index is 13.8. The number of carbonyl (C=O) groups excluding carboxylic acids is 1. The van der Waals surface area contributed by atoms with Crippen LogP contribution in [0.4, 0.5) is 4.39 Å². The van der Waals surface area contributed by atoms with Crippen molar-refractivity contribution in [2.75, 3.05) is 0 Å². The lowest BCUT2D eigenvalue weighted by molar-refractivity contribution is -0.120. The van der Waals surface area contributed by atoms with Gasteiger partial charge in [0.2, 0.25) is 5.91 Å². The molecular weight excluding hydrogens is 267 g/mol. The van der Waals surface area contributed by atoms with Gasteiger partial charge in [0.15, 0.2) is 0 Å². The molecule has 0 radical (unpaired) electrons. The summed E-state index contributed by atoms with van der Waals surface area (Å²) in [5.74, 6) is -0.458. The van der Waals surface area contributed by atoms with E-state index < -0.39 is 0 Å². The third-order valence-electron chi connectivity index (χ3n) is 3.44. The van der Waals surface area contributed by atoms with E-state index in [-0.39, 0.29) is 18.3 Å². The molecule has 0 fully saturated rings. The molecule has 2 aromatic rings. The molecule has 0 atom stereocenters. The topological polar surface area (TPSA) is 55.1 Å².